The van der Waals surface area contributed by atoms with Crippen LogP contribution >= 0.6 is 23.2 Å². The van der Waals surface area contributed by atoms with Crippen LogP contribution in [-0.2, 0) is 4.79 Å². The van der Waals surface area contributed by atoms with Crippen LogP contribution in [0.3, 0.4) is 0 Å². The molecule has 14 heavy (non-hydrogen) atoms. The van der Waals surface area contributed by atoms with Gasteiger partial charge in [-0.15, -0.1) is 0 Å². The molecule has 0 fully saturated rings. The largest absolute Gasteiger partial charge is 0.550 e. The van der Waals surface area contributed by atoms with Crippen LogP contribution < -0.4 is 5.11 Å². The first-order chi connectivity index (χ1) is 6.49. The maximum Gasteiger partial charge on any atom is 0.0843 e. The van der Waals surface area contributed by atoms with Gasteiger partial charge in [0.2, 0.25) is 0 Å². The van der Waals surface area contributed by atoms with E-state index in [4.69, 9.17) is 23.2 Å². The molecular formula is C9H7Cl2O3-. The van der Waals surface area contributed by atoms with Crippen molar-refractivity contribution in [3.05, 3.63) is 33.8 Å². The molecule has 0 aliphatic rings. The molecule has 1 atom stereocenters. The standard InChI is InChI=1S/C9H8Cl2O3/c10-6-1-5(2-7(11)3-6)8(12)4-9(13)14/h1-3,8,12H,4H2,(H,13,14)/p-1. The highest BCUT2D eigenvalue weighted by Crippen LogP contribution is 2.24. The molecule has 3 nitrogen and oxygen atoms in total. The molecule has 0 aromatic heterocycles. The Morgan fingerprint density at radius 1 is 1.36 bits per heavy atom. The molecule has 76 valence electrons. The van der Waals surface area contributed by atoms with Crippen LogP contribution in [0.4, 0.5) is 0 Å². The fourth-order valence-corrected chi connectivity index (χ4v) is 1.59. The molecule has 0 saturated carbocycles. The first-order valence-electron chi connectivity index (χ1n) is 3.83. The van der Waals surface area contributed by atoms with Crippen LogP contribution in [-0.4, -0.2) is 11.1 Å². The van der Waals surface area contributed by atoms with E-state index < -0.39 is 18.5 Å². The average molecular weight is 234 g/mol. The molecular weight excluding hydrogens is 227 g/mol. The molecule has 0 heterocycles. The number of hydrogen-bond donors (Lipinski definition) is 1. The Hall–Kier alpha value is -0.770. The number of halogens is 2. The third kappa shape index (κ3) is 3.18. The number of carboxylic acids is 1. The molecule has 0 aliphatic carbocycles. The molecule has 1 aromatic rings. The average Bonchev–Trinajstić information content (AvgIpc) is 2.00. The molecule has 1 unspecified atom stereocenters. The minimum atomic E-state index is -1.33. The summed E-state index contributed by atoms with van der Waals surface area (Å²) in [5, 5.41) is 20.3. The number of carbonyl (C=O) groups is 1. The second-order valence-electron chi connectivity index (χ2n) is 2.79. The zero-order valence-electron chi connectivity index (χ0n) is 7.04. The van der Waals surface area contributed by atoms with Crippen LogP contribution in [0.1, 0.15) is 18.1 Å². The van der Waals surface area contributed by atoms with Crippen molar-refractivity contribution in [2.45, 2.75) is 12.5 Å². The highest BCUT2D eigenvalue weighted by molar-refractivity contribution is 6.34. The SMILES string of the molecule is O=C([O-])CC(O)c1cc(Cl)cc(Cl)c1. The maximum atomic E-state index is 10.2. The Kier molecular flexibility index (Phi) is 3.75. The molecule has 0 amide bonds. The number of carboxylic acid groups (broad SMARTS) is 1. The van der Waals surface area contributed by atoms with Gasteiger partial charge >= 0.3 is 0 Å². The lowest BCUT2D eigenvalue weighted by molar-refractivity contribution is -0.307. The maximum absolute atomic E-state index is 10.2. The Balaban J connectivity index is 2.89. The van der Waals surface area contributed by atoms with Gasteiger partial charge in [-0.1, -0.05) is 23.2 Å². The van der Waals surface area contributed by atoms with E-state index >= 15 is 0 Å². The third-order valence-corrected chi connectivity index (χ3v) is 2.07. The van der Waals surface area contributed by atoms with Gasteiger partial charge in [-0.25, -0.2) is 0 Å². The van der Waals surface area contributed by atoms with E-state index in [9.17, 15) is 15.0 Å². The monoisotopic (exact) mass is 233 g/mol. The lowest BCUT2D eigenvalue weighted by Gasteiger charge is -2.12. The molecule has 0 bridgehead atoms. The number of carbonyl (C=O) groups excluding carboxylic acids is 1. The summed E-state index contributed by atoms with van der Waals surface area (Å²) in [6.07, 6.45) is -1.62. The van der Waals surface area contributed by atoms with Crippen molar-refractivity contribution < 1.29 is 15.0 Å². The van der Waals surface area contributed by atoms with Crippen molar-refractivity contribution in [3.8, 4) is 0 Å². The van der Waals surface area contributed by atoms with Gasteiger partial charge in [-0.05, 0) is 23.8 Å². The summed E-state index contributed by atoms with van der Waals surface area (Å²) < 4.78 is 0. The van der Waals surface area contributed by atoms with Gasteiger partial charge in [0.05, 0.1) is 6.10 Å². The number of benzene rings is 1. The summed E-state index contributed by atoms with van der Waals surface area (Å²) in [5.41, 5.74) is 0.367. The predicted molar refractivity (Wildman–Crippen MR) is 51.0 cm³/mol. The summed E-state index contributed by atoms with van der Waals surface area (Å²) >= 11 is 11.3. The minimum absolute atomic E-state index is 0.352. The minimum Gasteiger partial charge on any atom is -0.550 e. The number of hydrogen-bond acceptors (Lipinski definition) is 3. The van der Waals surface area contributed by atoms with Crippen molar-refractivity contribution in [1.29, 1.82) is 0 Å². The summed E-state index contributed by atoms with van der Waals surface area (Å²) in [5.74, 6) is -1.33. The molecule has 5 heteroatoms. The van der Waals surface area contributed by atoms with Crippen molar-refractivity contribution in [2.24, 2.45) is 0 Å². The van der Waals surface area contributed by atoms with Gasteiger partial charge in [-0.2, -0.15) is 0 Å². The normalized spacial score (nSPS) is 12.5. The zero-order chi connectivity index (χ0) is 10.7. The lowest BCUT2D eigenvalue weighted by atomic mass is 10.1. The van der Waals surface area contributed by atoms with Gasteiger partial charge in [-0.3, -0.25) is 0 Å². The zero-order valence-corrected chi connectivity index (χ0v) is 8.55. The van der Waals surface area contributed by atoms with E-state index in [-0.39, 0.29) is 0 Å². The number of aliphatic hydroxyl groups is 1. The van der Waals surface area contributed by atoms with Crippen molar-refractivity contribution >= 4 is 29.2 Å². The van der Waals surface area contributed by atoms with Crippen LogP contribution in [0, 0.1) is 0 Å². The first kappa shape index (κ1) is 11.3. The molecule has 1 aromatic carbocycles. The fraction of sp³-hybridized carbons (Fsp3) is 0.222. The van der Waals surface area contributed by atoms with E-state index in [1.54, 1.807) is 0 Å². The van der Waals surface area contributed by atoms with E-state index in [1.165, 1.54) is 18.2 Å². The highest BCUT2D eigenvalue weighted by atomic mass is 35.5. The number of rotatable bonds is 3. The van der Waals surface area contributed by atoms with E-state index in [2.05, 4.69) is 0 Å². The van der Waals surface area contributed by atoms with E-state index in [0.29, 0.717) is 15.6 Å². The predicted octanol–water partition coefficient (Wildman–Crippen LogP) is 1.17. The van der Waals surface area contributed by atoms with E-state index in [1.807, 2.05) is 0 Å². The lowest BCUT2D eigenvalue weighted by Crippen LogP contribution is -2.24. The molecule has 1 rings (SSSR count). The van der Waals surface area contributed by atoms with E-state index in [0.717, 1.165) is 0 Å². The Morgan fingerprint density at radius 2 is 1.86 bits per heavy atom. The quantitative estimate of drug-likeness (QED) is 0.853. The second-order valence-corrected chi connectivity index (χ2v) is 3.67. The van der Waals surface area contributed by atoms with Gasteiger partial charge in [0.15, 0.2) is 0 Å². The summed E-state index contributed by atoms with van der Waals surface area (Å²) in [7, 11) is 0. The van der Waals surface area contributed by atoms with Crippen molar-refractivity contribution in [1.82, 2.24) is 0 Å². The summed E-state index contributed by atoms with van der Waals surface area (Å²) in [6, 6.07) is 4.42. The van der Waals surface area contributed by atoms with Crippen LogP contribution in [0.25, 0.3) is 0 Å². The van der Waals surface area contributed by atoms with Crippen LogP contribution in [0.15, 0.2) is 18.2 Å². The highest BCUT2D eigenvalue weighted by Gasteiger charge is 2.09. The first-order valence-corrected chi connectivity index (χ1v) is 4.58. The molecule has 0 aliphatic heterocycles. The molecule has 1 N–H and O–H groups in total. The van der Waals surface area contributed by atoms with Gasteiger partial charge < -0.3 is 15.0 Å². The smallest absolute Gasteiger partial charge is 0.0843 e. The number of aliphatic carboxylic acids is 1. The molecule has 0 radical (unpaired) electrons. The Labute approximate surface area is 90.9 Å². The van der Waals surface area contributed by atoms with Gasteiger partial charge in [0.25, 0.3) is 0 Å². The molecule has 0 saturated heterocycles. The Morgan fingerprint density at radius 3 is 2.29 bits per heavy atom. The van der Waals surface area contributed by atoms with Crippen LogP contribution in [0.2, 0.25) is 10.0 Å². The fourth-order valence-electron chi connectivity index (χ4n) is 1.04. The van der Waals surface area contributed by atoms with Gasteiger partial charge in [0, 0.05) is 22.4 Å². The van der Waals surface area contributed by atoms with Gasteiger partial charge in [0.1, 0.15) is 0 Å². The van der Waals surface area contributed by atoms with Crippen molar-refractivity contribution in [3.63, 3.8) is 0 Å². The molecule has 0 spiro atoms. The third-order valence-electron chi connectivity index (χ3n) is 1.63. The topological polar surface area (TPSA) is 60.4 Å². The van der Waals surface area contributed by atoms with Crippen LogP contribution in [0.5, 0.6) is 0 Å². The van der Waals surface area contributed by atoms with Crippen molar-refractivity contribution in [2.75, 3.05) is 0 Å². The summed E-state index contributed by atoms with van der Waals surface area (Å²) in [4.78, 5) is 10.2. The second kappa shape index (κ2) is 4.64. The Bertz CT molecular complexity index is 332. The number of aliphatic hydroxyl groups excluding tert-OH is 1. The summed E-state index contributed by atoms with van der Waals surface area (Å²) in [6.45, 7) is 0.